The Morgan fingerprint density at radius 2 is 2.04 bits per heavy atom. The van der Waals surface area contributed by atoms with Gasteiger partial charge in [0.2, 0.25) is 11.8 Å². The molecular formula is C19H20N2O3. The molecule has 124 valence electrons. The molecule has 5 heteroatoms. The summed E-state index contributed by atoms with van der Waals surface area (Å²) in [5.41, 5.74) is 2.57. The maximum atomic E-state index is 13.1. The van der Waals surface area contributed by atoms with E-state index in [-0.39, 0.29) is 17.7 Å². The third-order valence-electron chi connectivity index (χ3n) is 5.53. The number of allylic oxidation sites excluding steroid dienone is 1. The van der Waals surface area contributed by atoms with E-state index in [0.717, 1.165) is 41.0 Å². The molecule has 1 aromatic carbocycles. The average Bonchev–Trinajstić information content (AvgIpc) is 3.34. The molecule has 1 aromatic rings. The fourth-order valence-electron chi connectivity index (χ4n) is 3.98. The Morgan fingerprint density at radius 1 is 1.29 bits per heavy atom. The number of hydrogen-bond acceptors (Lipinski definition) is 3. The molecule has 1 saturated carbocycles. The molecule has 0 bridgehead atoms. The van der Waals surface area contributed by atoms with Gasteiger partial charge in [0, 0.05) is 19.2 Å². The highest BCUT2D eigenvalue weighted by Crippen LogP contribution is 2.58. The average molecular weight is 324 g/mol. The number of hydrogen-bond donors (Lipinski definition) is 0. The van der Waals surface area contributed by atoms with Crippen molar-refractivity contribution in [2.45, 2.75) is 43.6 Å². The quantitative estimate of drug-likeness (QED) is 0.631. The topological polar surface area (TPSA) is 57.7 Å². The van der Waals surface area contributed by atoms with Crippen molar-refractivity contribution < 1.29 is 14.4 Å². The highest BCUT2D eigenvalue weighted by molar-refractivity contribution is 6.15. The molecule has 3 amide bonds. The summed E-state index contributed by atoms with van der Waals surface area (Å²) in [6, 6.07) is 5.46. The number of rotatable bonds is 3. The lowest BCUT2D eigenvalue weighted by Crippen LogP contribution is -2.55. The minimum Gasteiger partial charge on any atom is -0.299 e. The smallest absolute Gasteiger partial charge is 0.252 e. The van der Waals surface area contributed by atoms with Crippen molar-refractivity contribution in [3.05, 3.63) is 42.0 Å². The van der Waals surface area contributed by atoms with Crippen LogP contribution >= 0.6 is 0 Å². The van der Waals surface area contributed by atoms with Gasteiger partial charge in [0.05, 0.1) is 5.41 Å². The van der Waals surface area contributed by atoms with E-state index in [4.69, 9.17) is 0 Å². The number of nitrogens with zero attached hydrogens (tertiary/aromatic N) is 2. The van der Waals surface area contributed by atoms with Crippen LogP contribution in [0.1, 0.15) is 36.8 Å². The van der Waals surface area contributed by atoms with Crippen LogP contribution in [0, 0.1) is 0 Å². The lowest BCUT2D eigenvalue weighted by molar-refractivity contribution is -0.148. The van der Waals surface area contributed by atoms with Crippen molar-refractivity contribution >= 4 is 23.4 Å². The van der Waals surface area contributed by atoms with Gasteiger partial charge in [0.1, 0.15) is 6.04 Å². The molecule has 24 heavy (non-hydrogen) atoms. The molecule has 2 heterocycles. The third kappa shape index (κ3) is 1.90. The number of piperidine rings is 1. The van der Waals surface area contributed by atoms with Crippen molar-refractivity contribution in [3.8, 4) is 0 Å². The number of benzene rings is 1. The van der Waals surface area contributed by atoms with Crippen LogP contribution in [0.4, 0.5) is 5.69 Å². The van der Waals surface area contributed by atoms with Crippen LogP contribution in [0.3, 0.4) is 0 Å². The third-order valence-corrected chi connectivity index (χ3v) is 5.53. The first kappa shape index (κ1) is 15.1. The fraction of sp³-hybridized carbons (Fsp3) is 0.421. The molecule has 1 unspecified atom stereocenters. The van der Waals surface area contributed by atoms with E-state index < -0.39 is 11.5 Å². The Labute approximate surface area is 140 Å². The summed E-state index contributed by atoms with van der Waals surface area (Å²) in [5.74, 6) is -0.432. The number of anilines is 1. The molecule has 0 aromatic heterocycles. The summed E-state index contributed by atoms with van der Waals surface area (Å²) in [7, 11) is 1.50. The second-order valence-electron chi connectivity index (χ2n) is 6.95. The van der Waals surface area contributed by atoms with Gasteiger partial charge >= 0.3 is 0 Å². The maximum absolute atomic E-state index is 13.1. The van der Waals surface area contributed by atoms with E-state index >= 15 is 0 Å². The van der Waals surface area contributed by atoms with E-state index in [1.807, 2.05) is 18.2 Å². The lowest BCUT2D eigenvalue weighted by Gasteiger charge is -2.34. The number of fused-ring (bicyclic) bond motifs is 2. The van der Waals surface area contributed by atoms with Gasteiger partial charge in [-0.2, -0.15) is 0 Å². The fourth-order valence-corrected chi connectivity index (χ4v) is 3.98. The number of carbonyl (C=O) groups is 3. The van der Waals surface area contributed by atoms with Gasteiger partial charge in [-0.3, -0.25) is 24.2 Å². The van der Waals surface area contributed by atoms with E-state index in [0.29, 0.717) is 12.8 Å². The van der Waals surface area contributed by atoms with Crippen molar-refractivity contribution in [3.63, 3.8) is 0 Å². The number of likely N-dealkylation sites (tertiary alicyclic amines) is 1. The Kier molecular flexibility index (Phi) is 3.17. The van der Waals surface area contributed by atoms with Gasteiger partial charge in [0.25, 0.3) is 5.91 Å². The highest BCUT2D eigenvalue weighted by atomic mass is 16.2. The second kappa shape index (κ2) is 5.03. The van der Waals surface area contributed by atoms with E-state index in [2.05, 4.69) is 12.6 Å². The van der Waals surface area contributed by atoms with Gasteiger partial charge in [-0.05, 0) is 42.9 Å². The van der Waals surface area contributed by atoms with Crippen LogP contribution in [0.25, 0.3) is 0 Å². The zero-order chi connectivity index (χ0) is 17.1. The second-order valence-corrected chi connectivity index (χ2v) is 6.95. The first-order chi connectivity index (χ1) is 11.5. The number of imide groups is 1. The van der Waals surface area contributed by atoms with Gasteiger partial charge in [-0.15, -0.1) is 6.58 Å². The molecular weight excluding hydrogens is 304 g/mol. The van der Waals surface area contributed by atoms with Crippen LogP contribution in [0.15, 0.2) is 30.9 Å². The zero-order valence-electron chi connectivity index (χ0n) is 13.7. The van der Waals surface area contributed by atoms with Crippen LogP contribution in [0.2, 0.25) is 0 Å². The highest BCUT2D eigenvalue weighted by Gasteiger charge is 2.61. The Hall–Kier alpha value is -2.43. The van der Waals surface area contributed by atoms with Gasteiger partial charge in [-0.1, -0.05) is 18.2 Å². The van der Waals surface area contributed by atoms with Crippen molar-refractivity contribution in [2.75, 3.05) is 11.9 Å². The Morgan fingerprint density at radius 3 is 2.71 bits per heavy atom. The van der Waals surface area contributed by atoms with E-state index in [1.165, 1.54) is 7.05 Å². The normalized spacial score (nSPS) is 24.5. The molecule has 1 spiro atoms. The molecule has 1 aliphatic carbocycles. The number of carbonyl (C=O) groups excluding carboxylic acids is 3. The minimum atomic E-state index is -0.566. The molecule has 2 fully saturated rings. The summed E-state index contributed by atoms with van der Waals surface area (Å²) in [6.45, 7) is 3.77. The van der Waals surface area contributed by atoms with Crippen LogP contribution in [-0.2, 0) is 26.2 Å². The lowest BCUT2D eigenvalue weighted by atomic mass is 9.95. The molecule has 1 atom stereocenters. The maximum Gasteiger partial charge on any atom is 0.252 e. The van der Waals surface area contributed by atoms with Gasteiger partial charge in [0.15, 0.2) is 0 Å². The molecule has 1 saturated heterocycles. The SMILES string of the molecule is C=CCc1ccc2c(c1)C1(CC1)C(=O)N2C1CCC(=O)N(C)C1=O. The van der Waals surface area contributed by atoms with Crippen LogP contribution in [-0.4, -0.2) is 35.7 Å². The standard InChI is InChI=1S/C19H20N2O3/c1-3-4-12-5-6-14-13(11-12)19(9-10-19)18(24)21(14)15-7-8-16(22)20(2)17(15)23/h3,5-6,11,15H,1,4,7-10H2,2H3. The summed E-state index contributed by atoms with van der Waals surface area (Å²) in [6.07, 6.45) is 4.98. The number of likely N-dealkylation sites (N-methyl/N-ethyl adjacent to an activating group) is 1. The molecule has 0 N–H and O–H groups in total. The zero-order valence-corrected chi connectivity index (χ0v) is 13.7. The van der Waals surface area contributed by atoms with Crippen LogP contribution < -0.4 is 4.90 Å². The first-order valence-electron chi connectivity index (χ1n) is 8.38. The van der Waals surface area contributed by atoms with Crippen molar-refractivity contribution in [1.82, 2.24) is 4.90 Å². The molecule has 3 aliphatic rings. The summed E-state index contributed by atoms with van der Waals surface area (Å²) >= 11 is 0. The predicted octanol–water partition coefficient (Wildman–Crippen LogP) is 1.94. The van der Waals surface area contributed by atoms with Crippen LogP contribution in [0.5, 0.6) is 0 Å². The monoisotopic (exact) mass is 324 g/mol. The Balaban J connectivity index is 1.76. The van der Waals surface area contributed by atoms with E-state index in [1.54, 1.807) is 4.90 Å². The largest absolute Gasteiger partial charge is 0.299 e. The van der Waals surface area contributed by atoms with Gasteiger partial charge in [-0.25, -0.2) is 0 Å². The van der Waals surface area contributed by atoms with Crippen molar-refractivity contribution in [1.29, 1.82) is 0 Å². The number of amides is 3. The first-order valence-corrected chi connectivity index (χ1v) is 8.38. The van der Waals surface area contributed by atoms with Gasteiger partial charge < -0.3 is 0 Å². The molecule has 2 aliphatic heterocycles. The molecule has 5 nitrogen and oxygen atoms in total. The van der Waals surface area contributed by atoms with E-state index in [9.17, 15) is 14.4 Å². The summed E-state index contributed by atoms with van der Waals surface area (Å²) < 4.78 is 0. The molecule has 0 radical (unpaired) electrons. The van der Waals surface area contributed by atoms with Crippen molar-refractivity contribution in [2.24, 2.45) is 0 Å². The Bertz CT molecular complexity index is 779. The predicted molar refractivity (Wildman–Crippen MR) is 89.5 cm³/mol. The minimum absolute atomic E-state index is 0.0225. The summed E-state index contributed by atoms with van der Waals surface area (Å²) in [4.78, 5) is 40.2. The summed E-state index contributed by atoms with van der Waals surface area (Å²) in [5, 5.41) is 0. The molecule has 4 rings (SSSR count).